The number of nitrogens with one attached hydrogen (secondary N) is 1. The van der Waals surface area contributed by atoms with Crippen LogP contribution >= 0.6 is 11.8 Å². The van der Waals surface area contributed by atoms with E-state index in [0.717, 1.165) is 11.1 Å². The summed E-state index contributed by atoms with van der Waals surface area (Å²) >= 11 is 1.67. The van der Waals surface area contributed by atoms with Gasteiger partial charge in [-0.05, 0) is 43.2 Å². The highest BCUT2D eigenvalue weighted by Gasteiger charge is 2.57. The Kier molecular flexibility index (Phi) is 3.84. The van der Waals surface area contributed by atoms with E-state index in [1.165, 1.54) is 0 Å². The highest BCUT2D eigenvalue weighted by molar-refractivity contribution is 8.01. The largest absolute Gasteiger partial charge is 0.454 e. The zero-order chi connectivity index (χ0) is 19.5. The van der Waals surface area contributed by atoms with E-state index in [0.29, 0.717) is 23.6 Å². The normalized spacial score (nSPS) is 23.5. The van der Waals surface area contributed by atoms with Gasteiger partial charge in [0.15, 0.2) is 11.5 Å². The van der Waals surface area contributed by atoms with E-state index in [1.807, 2.05) is 56.3 Å². The molecule has 0 bridgehead atoms. The average Bonchev–Trinajstić information content (AvgIpc) is 3.32. The Labute approximate surface area is 167 Å². The molecule has 6 nitrogen and oxygen atoms in total. The second-order valence-electron chi connectivity index (χ2n) is 7.68. The third-order valence-corrected chi connectivity index (χ3v) is 6.98. The Morgan fingerprint density at radius 3 is 2.86 bits per heavy atom. The zero-order valence-corrected chi connectivity index (χ0v) is 16.4. The fraction of sp³-hybridized carbons (Fsp3) is 0.333. The summed E-state index contributed by atoms with van der Waals surface area (Å²) in [5, 5.41) is 2.89. The van der Waals surface area contributed by atoms with Crippen molar-refractivity contribution in [3.8, 4) is 11.5 Å². The SMILES string of the molecule is CC1(C)S[C@@H]2c3ccccc3C(=O)N2[C@@H]1C(=O)NCc1ccc2c(c1)OCO2. The molecule has 2 atom stereocenters. The lowest BCUT2D eigenvalue weighted by molar-refractivity contribution is -0.126. The lowest BCUT2D eigenvalue weighted by Gasteiger charge is -2.29. The summed E-state index contributed by atoms with van der Waals surface area (Å²) in [4.78, 5) is 27.9. The second-order valence-corrected chi connectivity index (χ2v) is 9.42. The van der Waals surface area contributed by atoms with Gasteiger partial charge in [0.2, 0.25) is 12.7 Å². The van der Waals surface area contributed by atoms with Gasteiger partial charge >= 0.3 is 0 Å². The molecule has 7 heteroatoms. The van der Waals surface area contributed by atoms with Crippen molar-refractivity contribution in [1.29, 1.82) is 0 Å². The number of carbonyl (C=O) groups excluding carboxylic acids is 2. The van der Waals surface area contributed by atoms with Crippen molar-refractivity contribution >= 4 is 23.6 Å². The van der Waals surface area contributed by atoms with Gasteiger partial charge in [-0.15, -0.1) is 11.8 Å². The Bertz CT molecular complexity index is 990. The maximum absolute atomic E-state index is 13.1. The first-order valence-corrected chi connectivity index (χ1v) is 10.1. The van der Waals surface area contributed by atoms with Gasteiger partial charge in [-0.1, -0.05) is 24.3 Å². The van der Waals surface area contributed by atoms with Crippen LogP contribution in [0.15, 0.2) is 42.5 Å². The molecule has 0 unspecified atom stereocenters. The molecule has 2 amide bonds. The topological polar surface area (TPSA) is 67.9 Å². The summed E-state index contributed by atoms with van der Waals surface area (Å²) in [5.74, 6) is 1.20. The van der Waals surface area contributed by atoms with E-state index in [9.17, 15) is 9.59 Å². The number of rotatable bonds is 3. The highest BCUT2D eigenvalue weighted by atomic mass is 32.2. The average molecular weight is 396 g/mol. The summed E-state index contributed by atoms with van der Waals surface area (Å²) in [7, 11) is 0. The minimum absolute atomic E-state index is 0.0677. The molecule has 0 spiro atoms. The lowest BCUT2D eigenvalue weighted by Crippen LogP contribution is -2.52. The van der Waals surface area contributed by atoms with Gasteiger partial charge in [-0.3, -0.25) is 9.59 Å². The molecule has 3 aliphatic rings. The molecule has 3 heterocycles. The molecule has 28 heavy (non-hydrogen) atoms. The van der Waals surface area contributed by atoms with Crippen LogP contribution in [0.4, 0.5) is 0 Å². The molecule has 0 saturated carbocycles. The molecule has 1 N–H and O–H groups in total. The first-order chi connectivity index (χ1) is 13.5. The van der Waals surface area contributed by atoms with Gasteiger partial charge in [0.1, 0.15) is 11.4 Å². The van der Waals surface area contributed by atoms with Crippen molar-refractivity contribution in [1.82, 2.24) is 10.2 Å². The predicted octanol–water partition coefficient (Wildman–Crippen LogP) is 3.08. The molecule has 3 aliphatic heterocycles. The standard InChI is InChI=1S/C21H20N2O4S/c1-21(2)17(23-19(25)13-5-3-4-6-14(13)20(23)28-21)18(24)22-10-12-7-8-15-16(9-12)27-11-26-15/h3-9,17,20H,10-11H2,1-2H3,(H,22,24)/t17-,20-/m1/s1. The molecular weight excluding hydrogens is 376 g/mol. The van der Waals surface area contributed by atoms with Gasteiger partial charge in [-0.2, -0.15) is 0 Å². The van der Waals surface area contributed by atoms with E-state index in [1.54, 1.807) is 16.7 Å². The molecular formula is C21H20N2O4S. The number of amides is 2. The van der Waals surface area contributed by atoms with Crippen molar-refractivity contribution in [3.63, 3.8) is 0 Å². The van der Waals surface area contributed by atoms with Crippen molar-refractivity contribution in [3.05, 3.63) is 59.2 Å². The van der Waals surface area contributed by atoms with Crippen LogP contribution in [0.25, 0.3) is 0 Å². The van der Waals surface area contributed by atoms with E-state index in [-0.39, 0.29) is 28.7 Å². The molecule has 2 aromatic rings. The molecule has 1 fully saturated rings. The third kappa shape index (κ3) is 2.57. The molecule has 144 valence electrons. The lowest BCUT2D eigenvalue weighted by atomic mass is 10.0. The smallest absolute Gasteiger partial charge is 0.256 e. The quantitative estimate of drug-likeness (QED) is 0.864. The van der Waals surface area contributed by atoms with Crippen LogP contribution in [0, 0.1) is 0 Å². The first kappa shape index (κ1) is 17.4. The van der Waals surface area contributed by atoms with Gasteiger partial charge in [0, 0.05) is 16.9 Å². The summed E-state index contributed by atoms with van der Waals surface area (Å²) in [6.07, 6.45) is 0. The predicted molar refractivity (Wildman–Crippen MR) is 105 cm³/mol. The maximum atomic E-state index is 13.1. The van der Waals surface area contributed by atoms with Crippen LogP contribution in [-0.4, -0.2) is 34.3 Å². The molecule has 0 aliphatic carbocycles. The number of hydrogen-bond acceptors (Lipinski definition) is 5. The van der Waals surface area contributed by atoms with Crippen molar-refractivity contribution in [2.24, 2.45) is 0 Å². The maximum Gasteiger partial charge on any atom is 0.256 e. The zero-order valence-electron chi connectivity index (χ0n) is 15.6. The van der Waals surface area contributed by atoms with Crippen LogP contribution < -0.4 is 14.8 Å². The Hall–Kier alpha value is -2.67. The van der Waals surface area contributed by atoms with Crippen molar-refractivity contribution in [2.75, 3.05) is 6.79 Å². The minimum atomic E-state index is -0.531. The number of carbonyl (C=O) groups is 2. The van der Waals surface area contributed by atoms with E-state index < -0.39 is 6.04 Å². The molecule has 1 saturated heterocycles. The van der Waals surface area contributed by atoms with Crippen LogP contribution in [0.3, 0.4) is 0 Å². The van der Waals surface area contributed by atoms with E-state index in [4.69, 9.17) is 9.47 Å². The Balaban J connectivity index is 1.36. The number of nitrogens with zero attached hydrogens (tertiary/aromatic N) is 1. The highest BCUT2D eigenvalue weighted by Crippen LogP contribution is 2.56. The van der Waals surface area contributed by atoms with Gasteiger partial charge < -0.3 is 19.7 Å². The van der Waals surface area contributed by atoms with Crippen LogP contribution in [0.1, 0.15) is 40.7 Å². The van der Waals surface area contributed by atoms with Crippen molar-refractivity contribution < 1.29 is 19.1 Å². The first-order valence-electron chi connectivity index (χ1n) is 9.21. The fourth-order valence-electron chi connectivity index (χ4n) is 4.14. The summed E-state index contributed by atoms with van der Waals surface area (Å²) in [6.45, 7) is 4.64. The van der Waals surface area contributed by atoms with Gasteiger partial charge in [0.05, 0.1) is 0 Å². The minimum Gasteiger partial charge on any atom is -0.454 e. The fourth-order valence-corrected chi connectivity index (χ4v) is 5.73. The van der Waals surface area contributed by atoms with Gasteiger partial charge in [-0.25, -0.2) is 0 Å². The Morgan fingerprint density at radius 2 is 2.00 bits per heavy atom. The molecule has 0 aromatic heterocycles. The summed E-state index contributed by atoms with van der Waals surface area (Å²) < 4.78 is 10.3. The summed E-state index contributed by atoms with van der Waals surface area (Å²) in [6, 6.07) is 12.7. The number of thioether (sulfide) groups is 1. The van der Waals surface area contributed by atoms with Crippen molar-refractivity contribution in [2.45, 2.75) is 36.6 Å². The molecule has 5 rings (SSSR count). The molecule has 2 aromatic carbocycles. The van der Waals surface area contributed by atoms with Crippen LogP contribution in [0.5, 0.6) is 11.5 Å². The van der Waals surface area contributed by atoms with Crippen LogP contribution in [0.2, 0.25) is 0 Å². The Morgan fingerprint density at radius 1 is 1.21 bits per heavy atom. The second kappa shape index (κ2) is 6.17. The number of fused-ring (bicyclic) bond motifs is 4. The summed E-state index contributed by atoms with van der Waals surface area (Å²) in [5.41, 5.74) is 2.62. The van der Waals surface area contributed by atoms with E-state index >= 15 is 0 Å². The van der Waals surface area contributed by atoms with E-state index in [2.05, 4.69) is 5.32 Å². The monoisotopic (exact) mass is 396 g/mol. The number of benzene rings is 2. The van der Waals surface area contributed by atoms with Gasteiger partial charge in [0.25, 0.3) is 5.91 Å². The molecule has 0 radical (unpaired) electrons. The third-order valence-electron chi connectivity index (χ3n) is 5.45. The number of ether oxygens (including phenoxy) is 2. The van der Waals surface area contributed by atoms with Crippen LogP contribution in [-0.2, 0) is 11.3 Å². The number of hydrogen-bond donors (Lipinski definition) is 1.